The van der Waals surface area contributed by atoms with Crippen molar-refractivity contribution in [2.75, 3.05) is 7.05 Å². The second kappa shape index (κ2) is 6.51. The Hall–Kier alpha value is -0.830. The first kappa shape index (κ1) is 15.1. The van der Waals surface area contributed by atoms with E-state index < -0.39 is 0 Å². The zero-order chi connectivity index (χ0) is 14.8. The molecule has 0 radical (unpaired) electrons. The van der Waals surface area contributed by atoms with Crippen LogP contribution in [0.1, 0.15) is 41.1 Å². The lowest BCUT2D eigenvalue weighted by Crippen LogP contribution is -2.19. The van der Waals surface area contributed by atoms with Crippen molar-refractivity contribution in [1.29, 1.82) is 0 Å². The van der Waals surface area contributed by atoms with Crippen molar-refractivity contribution in [3.8, 4) is 0 Å². The predicted molar refractivity (Wildman–Crippen MR) is 93.1 cm³/mol. The molecule has 0 aromatic heterocycles. The Morgan fingerprint density at radius 2 is 1.81 bits per heavy atom. The molecule has 0 amide bonds. The van der Waals surface area contributed by atoms with Crippen LogP contribution in [0.5, 0.6) is 0 Å². The minimum absolute atomic E-state index is 0.137. The minimum atomic E-state index is 0.137. The Bertz CT molecular complexity index is 654. The summed E-state index contributed by atoms with van der Waals surface area (Å²) < 4.78 is 1.01. The normalized spacial score (nSPS) is 15.6. The molecule has 0 bridgehead atoms. The molecule has 3 rings (SSSR count). The molecule has 0 spiro atoms. The fourth-order valence-electron chi connectivity index (χ4n) is 3.17. The number of hydrogen-bond donors (Lipinski definition) is 1. The Labute approximate surface area is 139 Å². The van der Waals surface area contributed by atoms with Crippen LogP contribution in [0.4, 0.5) is 0 Å². The average molecular weight is 365 g/mol. The number of fused-ring (bicyclic) bond motifs is 1. The molecule has 0 heterocycles. The fraction of sp³-hybridized carbons (Fsp3) is 0.333. The molecule has 1 aliphatic rings. The van der Waals surface area contributed by atoms with Crippen LogP contribution in [0.25, 0.3) is 0 Å². The summed E-state index contributed by atoms with van der Waals surface area (Å²) in [4.78, 5) is 0. The van der Waals surface area contributed by atoms with Crippen molar-refractivity contribution in [1.82, 2.24) is 5.32 Å². The molecule has 1 N–H and O–H groups in total. The first-order valence-corrected chi connectivity index (χ1v) is 8.60. The second-order valence-corrected chi connectivity index (χ2v) is 6.95. The maximum Gasteiger partial charge on any atom is 0.0589 e. The van der Waals surface area contributed by atoms with Crippen molar-refractivity contribution in [2.24, 2.45) is 0 Å². The lowest BCUT2D eigenvalue weighted by molar-refractivity contribution is 0.668. The molecular weight excluding hydrogens is 346 g/mol. The first-order chi connectivity index (χ1) is 10.2. The summed E-state index contributed by atoms with van der Waals surface area (Å²) in [5.41, 5.74) is 5.44. The maximum absolute atomic E-state index is 6.43. The summed E-state index contributed by atoms with van der Waals surface area (Å²) in [6.45, 7) is 0. The van der Waals surface area contributed by atoms with E-state index >= 15 is 0 Å². The van der Waals surface area contributed by atoms with Gasteiger partial charge in [0.05, 0.1) is 6.04 Å². The quantitative estimate of drug-likeness (QED) is 0.780. The van der Waals surface area contributed by atoms with E-state index in [9.17, 15) is 0 Å². The van der Waals surface area contributed by atoms with Gasteiger partial charge in [-0.15, -0.1) is 0 Å². The Morgan fingerprint density at radius 1 is 1.05 bits per heavy atom. The lowest BCUT2D eigenvalue weighted by Gasteiger charge is -2.22. The van der Waals surface area contributed by atoms with Gasteiger partial charge in [0, 0.05) is 9.50 Å². The smallest absolute Gasteiger partial charge is 0.0589 e. The Balaban J connectivity index is 1.99. The van der Waals surface area contributed by atoms with Crippen LogP contribution < -0.4 is 5.32 Å². The predicted octanol–water partition coefficient (Wildman–Crippen LogP) is 5.29. The molecule has 0 saturated heterocycles. The van der Waals surface area contributed by atoms with Crippen molar-refractivity contribution >= 4 is 27.5 Å². The highest BCUT2D eigenvalue weighted by Crippen LogP contribution is 2.32. The van der Waals surface area contributed by atoms with E-state index in [0.717, 1.165) is 15.1 Å². The number of rotatable bonds is 3. The molecule has 1 atom stereocenters. The highest BCUT2D eigenvalue weighted by molar-refractivity contribution is 9.10. The largest absolute Gasteiger partial charge is 0.309 e. The second-order valence-electron chi connectivity index (χ2n) is 5.62. The topological polar surface area (TPSA) is 12.0 Å². The third kappa shape index (κ3) is 3.18. The Kier molecular flexibility index (Phi) is 4.68. The fourth-order valence-corrected chi connectivity index (χ4v) is 3.95. The van der Waals surface area contributed by atoms with Crippen molar-refractivity contribution < 1.29 is 0 Å². The number of benzene rings is 2. The zero-order valence-electron chi connectivity index (χ0n) is 12.1. The summed E-state index contributed by atoms with van der Waals surface area (Å²) in [7, 11) is 1.99. The molecule has 1 unspecified atom stereocenters. The third-order valence-corrected chi connectivity index (χ3v) is 5.09. The van der Waals surface area contributed by atoms with Gasteiger partial charge in [-0.05, 0) is 67.1 Å². The molecule has 2 aromatic rings. The van der Waals surface area contributed by atoms with Crippen molar-refractivity contribution in [3.63, 3.8) is 0 Å². The van der Waals surface area contributed by atoms with Gasteiger partial charge in [-0.3, -0.25) is 0 Å². The van der Waals surface area contributed by atoms with Crippen LogP contribution in [0.2, 0.25) is 5.02 Å². The van der Waals surface area contributed by atoms with Gasteiger partial charge in [0.1, 0.15) is 0 Å². The van der Waals surface area contributed by atoms with Crippen molar-refractivity contribution in [3.05, 3.63) is 68.1 Å². The summed E-state index contributed by atoms with van der Waals surface area (Å²) in [5.74, 6) is 0. The molecule has 3 heteroatoms. The standard InChI is InChI=1S/C18H19BrClN/c1-21-18(16-9-8-15(19)11-17(16)20)14-7-6-12-4-2-3-5-13(12)10-14/h6-11,18,21H,2-5H2,1H3. The van der Waals surface area contributed by atoms with Gasteiger partial charge in [0.2, 0.25) is 0 Å². The SMILES string of the molecule is CNC(c1ccc2c(c1)CCCC2)c1ccc(Br)cc1Cl. The Morgan fingerprint density at radius 3 is 2.52 bits per heavy atom. The summed E-state index contributed by atoms with van der Waals surface area (Å²) in [6, 6.07) is 13.1. The highest BCUT2D eigenvalue weighted by Gasteiger charge is 2.18. The number of aryl methyl sites for hydroxylation is 2. The van der Waals surface area contributed by atoms with E-state index in [1.807, 2.05) is 19.2 Å². The van der Waals surface area contributed by atoms with Gasteiger partial charge in [0.25, 0.3) is 0 Å². The van der Waals surface area contributed by atoms with Gasteiger partial charge in [0.15, 0.2) is 0 Å². The molecule has 1 aliphatic carbocycles. The molecule has 2 aromatic carbocycles. The van der Waals surface area contributed by atoms with Crippen LogP contribution >= 0.6 is 27.5 Å². The van der Waals surface area contributed by atoms with Crippen LogP contribution in [-0.2, 0) is 12.8 Å². The number of halogens is 2. The van der Waals surface area contributed by atoms with Crippen molar-refractivity contribution in [2.45, 2.75) is 31.7 Å². The third-order valence-electron chi connectivity index (χ3n) is 4.27. The molecule has 1 nitrogen and oxygen atoms in total. The van der Waals surface area contributed by atoms with Crippen LogP contribution in [0, 0.1) is 0 Å². The molecule has 0 fully saturated rings. The molecule has 110 valence electrons. The summed E-state index contributed by atoms with van der Waals surface area (Å²) >= 11 is 9.89. The zero-order valence-corrected chi connectivity index (χ0v) is 14.5. The molecular formula is C18H19BrClN. The van der Waals surface area contributed by atoms with Gasteiger partial charge in [-0.25, -0.2) is 0 Å². The van der Waals surface area contributed by atoms with Crippen LogP contribution in [0.15, 0.2) is 40.9 Å². The average Bonchev–Trinajstić information content (AvgIpc) is 2.50. The molecule has 0 saturated carbocycles. The van der Waals surface area contributed by atoms with E-state index in [0.29, 0.717) is 0 Å². The number of nitrogens with one attached hydrogen (secondary N) is 1. The maximum atomic E-state index is 6.43. The summed E-state index contributed by atoms with van der Waals surface area (Å²) in [5, 5.41) is 4.19. The van der Waals surface area contributed by atoms with E-state index in [2.05, 4.69) is 45.5 Å². The van der Waals surface area contributed by atoms with E-state index in [1.54, 1.807) is 0 Å². The highest BCUT2D eigenvalue weighted by atomic mass is 79.9. The minimum Gasteiger partial charge on any atom is -0.309 e. The van der Waals surface area contributed by atoms with Gasteiger partial charge in [-0.2, -0.15) is 0 Å². The monoisotopic (exact) mass is 363 g/mol. The lowest BCUT2D eigenvalue weighted by atomic mass is 9.88. The van der Waals surface area contributed by atoms with Gasteiger partial charge >= 0.3 is 0 Å². The van der Waals surface area contributed by atoms with Crippen LogP contribution in [-0.4, -0.2) is 7.05 Å². The molecule has 21 heavy (non-hydrogen) atoms. The van der Waals surface area contributed by atoms with E-state index in [-0.39, 0.29) is 6.04 Å². The van der Waals surface area contributed by atoms with Gasteiger partial charge < -0.3 is 5.32 Å². The summed E-state index contributed by atoms with van der Waals surface area (Å²) in [6.07, 6.45) is 5.05. The van der Waals surface area contributed by atoms with E-state index in [4.69, 9.17) is 11.6 Å². The molecule has 0 aliphatic heterocycles. The first-order valence-electron chi connectivity index (χ1n) is 7.43. The van der Waals surface area contributed by atoms with E-state index in [1.165, 1.54) is 42.4 Å². The van der Waals surface area contributed by atoms with Gasteiger partial charge in [-0.1, -0.05) is 51.8 Å². The van der Waals surface area contributed by atoms with Crippen LogP contribution in [0.3, 0.4) is 0 Å². The number of hydrogen-bond acceptors (Lipinski definition) is 1.